The summed E-state index contributed by atoms with van der Waals surface area (Å²) in [6.07, 6.45) is 7.25. The summed E-state index contributed by atoms with van der Waals surface area (Å²) < 4.78 is 5.57. The topological polar surface area (TPSA) is 26.3 Å². The van der Waals surface area contributed by atoms with Crippen molar-refractivity contribution in [1.82, 2.24) is 0 Å². The largest absolute Gasteiger partial charge is 0.462 e. The molecular weight excluding hydrogens is 212 g/mol. The van der Waals surface area contributed by atoms with E-state index in [1.807, 2.05) is 0 Å². The van der Waals surface area contributed by atoms with Crippen LogP contribution in [0.4, 0.5) is 0 Å². The second kappa shape index (κ2) is 3.60. The number of ether oxygens (including phenoxy) is 1. The molecule has 2 heteroatoms. The van der Waals surface area contributed by atoms with Crippen molar-refractivity contribution in [2.75, 3.05) is 0 Å². The van der Waals surface area contributed by atoms with Gasteiger partial charge >= 0.3 is 5.97 Å². The Labute approximate surface area is 103 Å². The molecule has 0 aromatic heterocycles. The molecule has 17 heavy (non-hydrogen) atoms. The molecule has 2 nitrogen and oxygen atoms in total. The van der Waals surface area contributed by atoms with E-state index in [-0.39, 0.29) is 23.4 Å². The summed E-state index contributed by atoms with van der Waals surface area (Å²) in [6.45, 7) is 6.78. The smallest absolute Gasteiger partial charge is 0.309 e. The first-order chi connectivity index (χ1) is 8.05. The lowest BCUT2D eigenvalue weighted by Crippen LogP contribution is -2.47. The first kappa shape index (κ1) is 11.3. The Morgan fingerprint density at radius 3 is 2.88 bits per heavy atom. The van der Waals surface area contributed by atoms with Crippen LogP contribution >= 0.6 is 0 Å². The predicted molar refractivity (Wildman–Crippen MR) is 66.4 cm³/mol. The zero-order valence-electron chi connectivity index (χ0n) is 11.0. The van der Waals surface area contributed by atoms with E-state index in [1.165, 1.54) is 12.8 Å². The molecule has 0 aromatic rings. The number of rotatable bonds is 0. The van der Waals surface area contributed by atoms with E-state index >= 15 is 0 Å². The minimum atomic E-state index is 0.0280. The van der Waals surface area contributed by atoms with Crippen LogP contribution in [-0.2, 0) is 9.53 Å². The second-order valence-electron chi connectivity index (χ2n) is 6.32. The van der Waals surface area contributed by atoms with Crippen LogP contribution in [-0.4, -0.2) is 12.1 Å². The molecule has 94 valence electrons. The second-order valence-corrected chi connectivity index (χ2v) is 6.32. The fourth-order valence-corrected chi connectivity index (χ4v) is 4.50. The molecule has 1 saturated carbocycles. The summed E-state index contributed by atoms with van der Waals surface area (Å²) >= 11 is 0. The molecular formula is C15H22O2. The monoisotopic (exact) mass is 234 g/mol. The van der Waals surface area contributed by atoms with E-state index in [0.29, 0.717) is 11.8 Å². The summed E-state index contributed by atoms with van der Waals surface area (Å²) in [5.41, 5.74) is 1.80. The third kappa shape index (κ3) is 1.36. The third-order valence-electron chi connectivity index (χ3n) is 5.68. The standard InChI is InChI=1S/C15H22O2/c1-9-5-4-6-11-7-8-12-13(15(9,11)3)10(2)14(16)17-12/h6,9-10,12-13H,4-5,7-8H2,1-3H3/t9-,10-,12+,13?,15+/m0/s1. The summed E-state index contributed by atoms with van der Waals surface area (Å²) in [6, 6.07) is 0. The third-order valence-corrected chi connectivity index (χ3v) is 5.68. The first-order valence-corrected chi connectivity index (χ1v) is 6.95. The molecule has 2 aliphatic carbocycles. The van der Waals surface area contributed by atoms with Crippen LogP contribution in [0.2, 0.25) is 0 Å². The minimum Gasteiger partial charge on any atom is -0.462 e. The van der Waals surface area contributed by atoms with Gasteiger partial charge in [-0.25, -0.2) is 0 Å². The number of carbonyl (C=O) groups is 1. The Bertz CT molecular complexity index is 384. The lowest BCUT2D eigenvalue weighted by atomic mass is 9.53. The summed E-state index contributed by atoms with van der Waals surface area (Å²) in [5.74, 6) is 1.19. The van der Waals surface area contributed by atoms with Crippen molar-refractivity contribution in [1.29, 1.82) is 0 Å². The van der Waals surface area contributed by atoms with Crippen molar-refractivity contribution in [2.24, 2.45) is 23.2 Å². The van der Waals surface area contributed by atoms with Gasteiger partial charge in [-0.15, -0.1) is 0 Å². The number of esters is 1. The van der Waals surface area contributed by atoms with E-state index in [9.17, 15) is 4.79 Å². The van der Waals surface area contributed by atoms with Crippen LogP contribution in [0, 0.1) is 23.2 Å². The molecule has 1 saturated heterocycles. The molecule has 0 bridgehead atoms. The Balaban J connectivity index is 2.05. The van der Waals surface area contributed by atoms with E-state index in [1.54, 1.807) is 5.57 Å². The van der Waals surface area contributed by atoms with E-state index in [2.05, 4.69) is 26.8 Å². The molecule has 3 aliphatic rings. The highest BCUT2D eigenvalue weighted by molar-refractivity contribution is 5.75. The summed E-state index contributed by atoms with van der Waals surface area (Å²) in [7, 11) is 0. The Morgan fingerprint density at radius 2 is 2.12 bits per heavy atom. The van der Waals surface area contributed by atoms with Crippen LogP contribution in [0.1, 0.15) is 46.5 Å². The predicted octanol–water partition coefficient (Wildman–Crippen LogP) is 3.32. The lowest BCUT2D eigenvalue weighted by Gasteiger charge is -2.51. The van der Waals surface area contributed by atoms with Crippen molar-refractivity contribution in [3.8, 4) is 0 Å². The number of carbonyl (C=O) groups excluding carboxylic acids is 1. The molecule has 5 atom stereocenters. The van der Waals surface area contributed by atoms with Crippen LogP contribution in [0.25, 0.3) is 0 Å². The van der Waals surface area contributed by atoms with Gasteiger partial charge in [0.15, 0.2) is 0 Å². The molecule has 0 radical (unpaired) electrons. The molecule has 0 N–H and O–H groups in total. The zero-order chi connectivity index (χ0) is 12.2. The number of fused-ring (bicyclic) bond motifs is 3. The van der Waals surface area contributed by atoms with E-state index < -0.39 is 0 Å². The first-order valence-electron chi connectivity index (χ1n) is 6.95. The van der Waals surface area contributed by atoms with Crippen molar-refractivity contribution < 1.29 is 9.53 Å². The van der Waals surface area contributed by atoms with Gasteiger partial charge in [-0.05, 0) is 37.0 Å². The van der Waals surface area contributed by atoms with Crippen molar-refractivity contribution in [3.63, 3.8) is 0 Å². The van der Waals surface area contributed by atoms with Crippen LogP contribution < -0.4 is 0 Å². The van der Waals surface area contributed by atoms with Gasteiger partial charge in [0.2, 0.25) is 0 Å². The van der Waals surface area contributed by atoms with Gasteiger partial charge in [-0.1, -0.05) is 32.4 Å². The van der Waals surface area contributed by atoms with Crippen LogP contribution in [0.15, 0.2) is 11.6 Å². The van der Waals surface area contributed by atoms with E-state index in [4.69, 9.17) is 4.74 Å². The van der Waals surface area contributed by atoms with Gasteiger partial charge in [0, 0.05) is 5.92 Å². The highest BCUT2D eigenvalue weighted by Gasteiger charge is 2.57. The molecule has 0 spiro atoms. The number of hydrogen-bond acceptors (Lipinski definition) is 2. The minimum absolute atomic E-state index is 0.0280. The molecule has 0 amide bonds. The van der Waals surface area contributed by atoms with Gasteiger partial charge in [0.1, 0.15) is 6.10 Å². The molecule has 2 fully saturated rings. The maximum atomic E-state index is 11.8. The Kier molecular flexibility index (Phi) is 2.39. The van der Waals surface area contributed by atoms with Crippen molar-refractivity contribution in [3.05, 3.63) is 11.6 Å². The van der Waals surface area contributed by atoms with Crippen molar-refractivity contribution >= 4 is 5.97 Å². The van der Waals surface area contributed by atoms with Gasteiger partial charge in [0.25, 0.3) is 0 Å². The van der Waals surface area contributed by atoms with Gasteiger partial charge in [-0.3, -0.25) is 4.79 Å². The molecule has 1 unspecified atom stereocenters. The Morgan fingerprint density at radius 1 is 1.35 bits per heavy atom. The van der Waals surface area contributed by atoms with Gasteiger partial charge in [-0.2, -0.15) is 0 Å². The van der Waals surface area contributed by atoms with Gasteiger partial charge in [0.05, 0.1) is 5.92 Å². The molecule has 1 aliphatic heterocycles. The SMILES string of the molecule is C[C@@H]1C(=O)O[C@@H]2CCC3=CCC[C@H](C)[C@@]3(C)C12. The zero-order valence-corrected chi connectivity index (χ0v) is 11.0. The highest BCUT2D eigenvalue weighted by atomic mass is 16.6. The Hall–Kier alpha value is -0.790. The fourth-order valence-electron chi connectivity index (χ4n) is 4.50. The molecule has 3 rings (SSSR count). The number of hydrogen-bond donors (Lipinski definition) is 0. The normalized spacial score (nSPS) is 49.1. The van der Waals surface area contributed by atoms with Crippen molar-refractivity contribution in [2.45, 2.75) is 52.6 Å². The summed E-state index contributed by atoms with van der Waals surface area (Å²) in [4.78, 5) is 11.8. The maximum absolute atomic E-state index is 11.8. The highest BCUT2D eigenvalue weighted by Crippen LogP contribution is 2.58. The number of allylic oxidation sites excluding steroid dienone is 2. The average molecular weight is 234 g/mol. The quantitative estimate of drug-likeness (QED) is 0.475. The van der Waals surface area contributed by atoms with Crippen LogP contribution in [0.5, 0.6) is 0 Å². The molecule has 0 aromatic carbocycles. The fraction of sp³-hybridized carbons (Fsp3) is 0.800. The molecule has 1 heterocycles. The summed E-state index contributed by atoms with van der Waals surface area (Å²) in [5, 5.41) is 0. The van der Waals surface area contributed by atoms with E-state index in [0.717, 1.165) is 12.8 Å². The van der Waals surface area contributed by atoms with Gasteiger partial charge < -0.3 is 4.74 Å². The lowest BCUT2D eigenvalue weighted by molar-refractivity contribution is -0.144. The van der Waals surface area contributed by atoms with Crippen LogP contribution in [0.3, 0.4) is 0 Å². The maximum Gasteiger partial charge on any atom is 0.309 e. The average Bonchev–Trinajstić information content (AvgIpc) is 2.58.